The number of furan rings is 1. The summed E-state index contributed by atoms with van der Waals surface area (Å²) in [5.74, 6) is 0. The third kappa shape index (κ3) is 5.15. The third-order valence-electron chi connectivity index (χ3n) is 12.0. The quantitative estimate of drug-likeness (QED) is 0.158. The second-order valence-corrected chi connectivity index (χ2v) is 15.2. The summed E-state index contributed by atoms with van der Waals surface area (Å²) in [6.45, 7) is 0. The number of rotatable bonds is 6. The zero-order chi connectivity index (χ0) is 38.9. The van der Waals surface area contributed by atoms with Crippen molar-refractivity contribution in [3.63, 3.8) is 0 Å². The van der Waals surface area contributed by atoms with Crippen LogP contribution in [0.25, 0.3) is 93.2 Å². The summed E-state index contributed by atoms with van der Waals surface area (Å²) in [6.07, 6.45) is 0. The first kappa shape index (κ1) is 33.3. The molecule has 0 amide bonds. The van der Waals surface area contributed by atoms with Gasteiger partial charge in [-0.2, -0.15) is 0 Å². The third-order valence-corrected chi connectivity index (χ3v) is 12.0. The van der Waals surface area contributed by atoms with Crippen LogP contribution in [0.4, 0.5) is 17.1 Å². The Labute approximate surface area is 341 Å². The Morgan fingerprint density at radius 3 is 1.83 bits per heavy atom. The molecule has 0 saturated carbocycles. The van der Waals surface area contributed by atoms with E-state index in [4.69, 9.17) is 4.42 Å². The predicted octanol–water partition coefficient (Wildman–Crippen LogP) is 15.8. The molecule has 0 aliphatic rings. The van der Waals surface area contributed by atoms with Gasteiger partial charge in [-0.1, -0.05) is 176 Å². The van der Waals surface area contributed by atoms with Crippen LogP contribution in [0.1, 0.15) is 0 Å². The lowest BCUT2D eigenvalue weighted by Crippen LogP contribution is -2.12. The first-order chi connectivity index (χ1) is 29.3. The van der Waals surface area contributed by atoms with Crippen LogP contribution >= 0.6 is 0 Å². The van der Waals surface area contributed by atoms with Crippen molar-refractivity contribution in [1.29, 1.82) is 0 Å². The van der Waals surface area contributed by atoms with Crippen molar-refractivity contribution >= 4 is 82.4 Å². The lowest BCUT2D eigenvalue weighted by atomic mass is 9.97. The Morgan fingerprint density at radius 1 is 0.356 bits per heavy atom. The number of hydrogen-bond acceptors (Lipinski definition) is 2. The van der Waals surface area contributed by atoms with Crippen molar-refractivity contribution in [3.8, 4) is 27.9 Å². The van der Waals surface area contributed by atoms with Gasteiger partial charge in [0.05, 0.1) is 33.8 Å². The van der Waals surface area contributed by atoms with E-state index in [1.54, 1.807) is 0 Å². The molecule has 0 aliphatic carbocycles. The Kier molecular flexibility index (Phi) is 7.54. The molecule has 2 aromatic heterocycles. The maximum absolute atomic E-state index is 6.63. The van der Waals surface area contributed by atoms with Crippen molar-refractivity contribution in [1.82, 2.24) is 4.57 Å². The minimum absolute atomic E-state index is 0.894. The fourth-order valence-electron chi connectivity index (χ4n) is 9.44. The molecule has 0 atom stereocenters. The predicted molar refractivity (Wildman–Crippen MR) is 249 cm³/mol. The minimum Gasteiger partial charge on any atom is -0.455 e. The molecule has 10 aromatic carbocycles. The first-order valence-electron chi connectivity index (χ1n) is 20.2. The Balaban J connectivity index is 1.18. The van der Waals surface area contributed by atoms with E-state index in [2.05, 4.69) is 222 Å². The van der Waals surface area contributed by atoms with Crippen molar-refractivity contribution < 1.29 is 4.42 Å². The minimum atomic E-state index is 0.894. The van der Waals surface area contributed by atoms with Crippen molar-refractivity contribution in [2.75, 3.05) is 4.90 Å². The van der Waals surface area contributed by atoms with Gasteiger partial charge >= 0.3 is 0 Å². The molecule has 0 unspecified atom stereocenters. The van der Waals surface area contributed by atoms with Crippen LogP contribution in [0.5, 0.6) is 0 Å². The zero-order valence-corrected chi connectivity index (χ0v) is 32.1. The molecule has 276 valence electrons. The molecule has 2 heterocycles. The molecule has 0 N–H and O–H groups in total. The largest absolute Gasteiger partial charge is 0.455 e. The number of anilines is 3. The van der Waals surface area contributed by atoms with E-state index in [1.165, 1.54) is 37.9 Å². The molecule has 0 aliphatic heterocycles. The molecule has 12 rings (SSSR count). The molecular formula is C56H36N2O. The summed E-state index contributed by atoms with van der Waals surface area (Å²) < 4.78 is 9.08. The van der Waals surface area contributed by atoms with E-state index in [9.17, 15) is 0 Å². The van der Waals surface area contributed by atoms with Crippen molar-refractivity contribution in [2.24, 2.45) is 0 Å². The topological polar surface area (TPSA) is 21.3 Å². The molecule has 59 heavy (non-hydrogen) atoms. The van der Waals surface area contributed by atoms with Crippen molar-refractivity contribution in [3.05, 3.63) is 218 Å². The van der Waals surface area contributed by atoms with Gasteiger partial charge in [0.2, 0.25) is 0 Å². The Morgan fingerprint density at radius 2 is 0.949 bits per heavy atom. The second kappa shape index (κ2) is 13.4. The highest BCUT2D eigenvalue weighted by Crippen LogP contribution is 2.50. The van der Waals surface area contributed by atoms with Crippen LogP contribution in [0.2, 0.25) is 0 Å². The highest BCUT2D eigenvalue weighted by molar-refractivity contribution is 6.21. The second-order valence-electron chi connectivity index (χ2n) is 15.2. The summed E-state index contributed by atoms with van der Waals surface area (Å²) in [4.78, 5) is 2.51. The highest BCUT2D eigenvalue weighted by atomic mass is 16.3. The standard InChI is InChI=1S/C56H36N2O/c1-2-18-37(19-3-1)40-22-8-12-30-48(40)58(53-36-38-20-4-5-21-39(38)41-23-6-7-24-42(41)53)52-34-17-33-51-55(52)47-27-10-14-32-50(47)57(51)49-31-13-9-25-43(49)45-28-16-29-46-44-26-11-15-35-54(44)59-56(45)46/h1-36H. The summed E-state index contributed by atoms with van der Waals surface area (Å²) in [5.41, 5.74) is 13.0. The van der Waals surface area contributed by atoms with Gasteiger partial charge in [-0.15, -0.1) is 0 Å². The van der Waals surface area contributed by atoms with Crippen LogP contribution < -0.4 is 4.90 Å². The number of nitrogens with zero attached hydrogens (tertiary/aromatic N) is 2. The highest BCUT2D eigenvalue weighted by Gasteiger charge is 2.26. The molecule has 0 spiro atoms. The molecule has 0 saturated heterocycles. The Hall–Kier alpha value is -7.88. The van der Waals surface area contributed by atoms with Gasteiger partial charge in [0.15, 0.2) is 0 Å². The van der Waals surface area contributed by atoms with E-state index in [0.717, 1.165) is 72.4 Å². The molecule has 3 nitrogen and oxygen atoms in total. The van der Waals surface area contributed by atoms with E-state index in [1.807, 2.05) is 6.07 Å². The summed E-state index contributed by atoms with van der Waals surface area (Å²) in [7, 11) is 0. The van der Waals surface area contributed by atoms with Crippen LogP contribution in [0.15, 0.2) is 223 Å². The van der Waals surface area contributed by atoms with E-state index in [-0.39, 0.29) is 0 Å². The number of benzene rings is 10. The van der Waals surface area contributed by atoms with Gasteiger partial charge in [-0.25, -0.2) is 0 Å². The fraction of sp³-hybridized carbons (Fsp3) is 0. The number of fused-ring (bicyclic) bond motifs is 9. The van der Waals surface area contributed by atoms with Gasteiger partial charge in [0.25, 0.3) is 0 Å². The van der Waals surface area contributed by atoms with Gasteiger partial charge < -0.3 is 13.9 Å². The van der Waals surface area contributed by atoms with Crippen LogP contribution in [0.3, 0.4) is 0 Å². The summed E-state index contributed by atoms with van der Waals surface area (Å²) >= 11 is 0. The summed E-state index contributed by atoms with van der Waals surface area (Å²) in [5, 5.41) is 9.47. The first-order valence-corrected chi connectivity index (χ1v) is 20.2. The van der Waals surface area contributed by atoms with Gasteiger partial charge in [-0.05, 0) is 64.2 Å². The van der Waals surface area contributed by atoms with Crippen LogP contribution in [-0.2, 0) is 0 Å². The van der Waals surface area contributed by atoms with Crippen LogP contribution in [-0.4, -0.2) is 4.57 Å². The van der Waals surface area contributed by atoms with E-state index < -0.39 is 0 Å². The lowest BCUT2D eigenvalue weighted by molar-refractivity contribution is 0.670. The average molecular weight is 753 g/mol. The molecule has 0 bridgehead atoms. The normalized spacial score (nSPS) is 11.7. The zero-order valence-electron chi connectivity index (χ0n) is 32.1. The molecule has 0 radical (unpaired) electrons. The fourth-order valence-corrected chi connectivity index (χ4v) is 9.44. The molecular weight excluding hydrogens is 717 g/mol. The number of para-hydroxylation sites is 5. The van der Waals surface area contributed by atoms with Crippen LogP contribution in [0, 0.1) is 0 Å². The SMILES string of the molecule is c1ccc(-c2ccccc2N(c2cc3ccccc3c3ccccc23)c2cccc3c2c2ccccc2n3-c2ccccc2-c2cccc3c2oc2ccccc23)cc1. The number of aromatic nitrogens is 1. The maximum atomic E-state index is 6.63. The average Bonchev–Trinajstić information content (AvgIpc) is 3.86. The maximum Gasteiger partial charge on any atom is 0.143 e. The van der Waals surface area contributed by atoms with E-state index >= 15 is 0 Å². The Bertz CT molecular complexity index is 3580. The smallest absolute Gasteiger partial charge is 0.143 e. The van der Waals surface area contributed by atoms with Gasteiger partial charge in [0.1, 0.15) is 11.2 Å². The van der Waals surface area contributed by atoms with E-state index in [0.29, 0.717) is 0 Å². The molecule has 12 aromatic rings. The lowest BCUT2D eigenvalue weighted by Gasteiger charge is -2.30. The van der Waals surface area contributed by atoms with Crippen molar-refractivity contribution in [2.45, 2.75) is 0 Å². The molecule has 0 fully saturated rings. The monoisotopic (exact) mass is 752 g/mol. The number of hydrogen-bond donors (Lipinski definition) is 0. The van der Waals surface area contributed by atoms with Gasteiger partial charge in [0, 0.05) is 43.6 Å². The summed E-state index contributed by atoms with van der Waals surface area (Å²) in [6, 6.07) is 78.8. The molecule has 3 heteroatoms. The van der Waals surface area contributed by atoms with Gasteiger partial charge in [-0.3, -0.25) is 0 Å².